The van der Waals surface area contributed by atoms with Gasteiger partial charge in [0.15, 0.2) is 11.5 Å². The molecule has 148 valence electrons. The molecule has 29 heavy (non-hydrogen) atoms. The molecule has 4 nitrogen and oxygen atoms in total. The smallest absolute Gasteiger partial charge is 0.303 e. The molecule has 1 aliphatic carbocycles. The van der Waals surface area contributed by atoms with E-state index in [2.05, 4.69) is 0 Å². The van der Waals surface area contributed by atoms with Crippen LogP contribution in [0.4, 0.5) is 4.39 Å². The molecule has 0 unspecified atom stereocenters. The maximum Gasteiger partial charge on any atom is 0.303 e. The van der Waals surface area contributed by atoms with Gasteiger partial charge in [-0.05, 0) is 42.5 Å². The van der Waals surface area contributed by atoms with Gasteiger partial charge in [0.25, 0.3) is 0 Å². The molecule has 0 heterocycles. The fraction of sp³-hybridized carbons (Fsp3) is 0.208. The van der Waals surface area contributed by atoms with Crippen LogP contribution in [0.2, 0.25) is 0 Å². The number of carboxylic acid groups (broad SMARTS) is 1. The summed E-state index contributed by atoms with van der Waals surface area (Å²) in [5, 5.41) is 8.90. The van der Waals surface area contributed by atoms with Gasteiger partial charge in [-0.25, -0.2) is 4.39 Å². The number of aliphatic carboxylic acids is 1. The largest absolute Gasteiger partial charge is 0.486 e. The number of carbonyl (C=O) groups is 1. The zero-order chi connectivity index (χ0) is 20.2. The first-order valence-electron chi connectivity index (χ1n) is 9.59. The van der Waals surface area contributed by atoms with Gasteiger partial charge in [-0.3, -0.25) is 4.79 Å². The predicted octanol–water partition coefficient (Wildman–Crippen LogP) is 5.92. The lowest BCUT2D eigenvalue weighted by Gasteiger charge is -2.34. The molecule has 5 heteroatoms. The molecule has 0 radical (unpaired) electrons. The Morgan fingerprint density at radius 3 is 2.28 bits per heavy atom. The first-order chi connectivity index (χ1) is 14.1. The number of carboxylic acids is 1. The number of hydrogen-bond donors (Lipinski definition) is 1. The van der Waals surface area contributed by atoms with Crippen molar-refractivity contribution in [3.05, 3.63) is 78.6 Å². The lowest BCUT2D eigenvalue weighted by Crippen LogP contribution is -2.35. The highest BCUT2D eigenvalue weighted by Crippen LogP contribution is 2.41. The van der Waals surface area contributed by atoms with Gasteiger partial charge in [0.05, 0.1) is 6.10 Å². The fourth-order valence-corrected chi connectivity index (χ4v) is 3.53. The zero-order valence-corrected chi connectivity index (χ0v) is 15.8. The first-order valence-corrected chi connectivity index (χ1v) is 9.59. The molecule has 0 aromatic heterocycles. The van der Waals surface area contributed by atoms with Crippen molar-refractivity contribution in [1.82, 2.24) is 0 Å². The molecule has 4 rings (SSSR count). The number of benzene rings is 3. The Hall–Kier alpha value is -3.34. The van der Waals surface area contributed by atoms with Gasteiger partial charge in [-0.15, -0.1) is 0 Å². The van der Waals surface area contributed by atoms with E-state index in [-0.39, 0.29) is 18.4 Å². The van der Waals surface area contributed by atoms with Gasteiger partial charge in [-0.1, -0.05) is 48.5 Å². The third kappa shape index (κ3) is 4.57. The molecule has 1 fully saturated rings. The summed E-state index contributed by atoms with van der Waals surface area (Å²) in [6, 6.07) is 21.5. The van der Waals surface area contributed by atoms with Crippen molar-refractivity contribution in [3.8, 4) is 28.4 Å². The van der Waals surface area contributed by atoms with Crippen molar-refractivity contribution >= 4 is 5.97 Å². The van der Waals surface area contributed by atoms with Crippen molar-refractivity contribution in [1.29, 1.82) is 0 Å². The molecule has 3 aromatic carbocycles. The van der Waals surface area contributed by atoms with Gasteiger partial charge in [0, 0.05) is 18.1 Å². The van der Waals surface area contributed by atoms with E-state index < -0.39 is 11.8 Å². The molecule has 1 aliphatic rings. The fourth-order valence-electron chi connectivity index (χ4n) is 3.53. The Morgan fingerprint density at radius 2 is 1.62 bits per heavy atom. The quantitative estimate of drug-likeness (QED) is 0.542. The van der Waals surface area contributed by atoms with Crippen LogP contribution < -0.4 is 9.47 Å². The van der Waals surface area contributed by atoms with E-state index in [9.17, 15) is 9.18 Å². The molecule has 0 amide bonds. The Labute approximate surface area is 168 Å². The minimum Gasteiger partial charge on any atom is -0.486 e. The standard InChI is InChI=1S/C24H21FO4/c25-21-15-23(29-19-11-16(12-19)13-24(26)27)22(28-18-9-5-2-6-10-18)14-20(21)17-7-3-1-4-8-17/h1-10,14-16,19H,11-13H2,(H,26,27). The van der Waals surface area contributed by atoms with E-state index in [1.807, 2.05) is 60.7 Å². The van der Waals surface area contributed by atoms with Crippen LogP contribution in [-0.4, -0.2) is 17.2 Å². The molecular weight excluding hydrogens is 371 g/mol. The maximum atomic E-state index is 14.9. The average Bonchev–Trinajstić information content (AvgIpc) is 2.69. The second-order valence-corrected chi connectivity index (χ2v) is 7.24. The van der Waals surface area contributed by atoms with E-state index in [1.165, 1.54) is 6.07 Å². The maximum absolute atomic E-state index is 14.9. The molecular formula is C24H21FO4. The summed E-state index contributed by atoms with van der Waals surface area (Å²) in [5.41, 5.74) is 1.18. The highest BCUT2D eigenvalue weighted by molar-refractivity contribution is 5.68. The van der Waals surface area contributed by atoms with E-state index >= 15 is 0 Å². The van der Waals surface area contributed by atoms with E-state index in [4.69, 9.17) is 14.6 Å². The predicted molar refractivity (Wildman–Crippen MR) is 108 cm³/mol. The summed E-state index contributed by atoms with van der Waals surface area (Å²) in [5.74, 6) is 0.278. The number of para-hydroxylation sites is 1. The summed E-state index contributed by atoms with van der Waals surface area (Å²) < 4.78 is 26.8. The average molecular weight is 392 g/mol. The molecule has 0 saturated heterocycles. The van der Waals surface area contributed by atoms with Crippen LogP contribution in [0.1, 0.15) is 19.3 Å². The van der Waals surface area contributed by atoms with E-state index in [0.717, 1.165) is 5.56 Å². The summed E-state index contributed by atoms with van der Waals surface area (Å²) in [6.45, 7) is 0. The molecule has 0 bridgehead atoms. The van der Waals surface area contributed by atoms with Crippen molar-refractivity contribution in [2.75, 3.05) is 0 Å². The van der Waals surface area contributed by atoms with Crippen LogP contribution in [0.25, 0.3) is 11.1 Å². The minimum atomic E-state index is -0.806. The Morgan fingerprint density at radius 1 is 0.966 bits per heavy atom. The van der Waals surface area contributed by atoms with Crippen molar-refractivity contribution in [3.63, 3.8) is 0 Å². The molecule has 1 N–H and O–H groups in total. The minimum absolute atomic E-state index is 0.101. The molecule has 1 saturated carbocycles. The number of hydrogen-bond acceptors (Lipinski definition) is 3. The SMILES string of the molecule is O=C(O)CC1CC(Oc2cc(F)c(-c3ccccc3)cc2Oc2ccccc2)C1. The molecule has 0 aliphatic heterocycles. The van der Waals surface area contributed by atoms with Gasteiger partial charge in [0.2, 0.25) is 0 Å². The Balaban J connectivity index is 1.61. The first kappa shape index (κ1) is 19.0. The second kappa shape index (κ2) is 8.35. The molecule has 3 aromatic rings. The van der Waals surface area contributed by atoms with Gasteiger partial charge in [0.1, 0.15) is 11.6 Å². The third-order valence-electron chi connectivity index (χ3n) is 5.04. The number of rotatable bonds is 7. The van der Waals surface area contributed by atoms with E-state index in [0.29, 0.717) is 35.7 Å². The normalized spacial score (nSPS) is 18.0. The summed E-state index contributed by atoms with van der Waals surface area (Å²) in [4.78, 5) is 10.8. The van der Waals surface area contributed by atoms with Crippen LogP contribution in [-0.2, 0) is 4.79 Å². The topological polar surface area (TPSA) is 55.8 Å². The molecule has 0 atom stereocenters. The summed E-state index contributed by atoms with van der Waals surface area (Å²) in [7, 11) is 0. The molecule has 0 spiro atoms. The van der Waals surface area contributed by atoms with Crippen LogP contribution in [0.3, 0.4) is 0 Å². The third-order valence-corrected chi connectivity index (χ3v) is 5.04. The Kier molecular flexibility index (Phi) is 5.47. The van der Waals surface area contributed by atoms with Gasteiger partial charge < -0.3 is 14.6 Å². The summed E-state index contributed by atoms with van der Waals surface area (Å²) >= 11 is 0. The Bertz CT molecular complexity index is 983. The lowest BCUT2D eigenvalue weighted by atomic mass is 9.80. The van der Waals surface area contributed by atoms with Crippen molar-refractivity contribution in [2.24, 2.45) is 5.92 Å². The van der Waals surface area contributed by atoms with Gasteiger partial charge >= 0.3 is 5.97 Å². The van der Waals surface area contributed by atoms with Crippen molar-refractivity contribution in [2.45, 2.75) is 25.4 Å². The van der Waals surface area contributed by atoms with E-state index in [1.54, 1.807) is 6.07 Å². The summed E-state index contributed by atoms with van der Waals surface area (Å²) in [6.07, 6.45) is 1.27. The van der Waals surface area contributed by atoms with Crippen LogP contribution in [0, 0.1) is 11.7 Å². The van der Waals surface area contributed by atoms with Crippen LogP contribution >= 0.6 is 0 Å². The van der Waals surface area contributed by atoms with Crippen LogP contribution in [0.5, 0.6) is 17.2 Å². The number of ether oxygens (including phenoxy) is 2. The second-order valence-electron chi connectivity index (χ2n) is 7.24. The monoisotopic (exact) mass is 392 g/mol. The number of halogens is 1. The van der Waals surface area contributed by atoms with Crippen LogP contribution in [0.15, 0.2) is 72.8 Å². The highest BCUT2D eigenvalue weighted by Gasteiger charge is 2.33. The van der Waals surface area contributed by atoms with Gasteiger partial charge in [-0.2, -0.15) is 0 Å². The van der Waals surface area contributed by atoms with Crippen molar-refractivity contribution < 1.29 is 23.8 Å². The lowest BCUT2D eigenvalue weighted by molar-refractivity contribution is -0.139. The highest BCUT2D eigenvalue weighted by atomic mass is 19.1. The zero-order valence-electron chi connectivity index (χ0n) is 15.8.